The number of carbonyl (C=O) groups is 1. The molecule has 0 aliphatic heterocycles. The second-order valence-electron chi connectivity index (χ2n) is 7.85. The van der Waals surface area contributed by atoms with Crippen molar-refractivity contribution < 1.29 is 9.53 Å². The molecule has 0 heterocycles. The summed E-state index contributed by atoms with van der Waals surface area (Å²) in [6.07, 6.45) is 21.5. The molecule has 0 radical (unpaired) electrons. The lowest BCUT2D eigenvalue weighted by Crippen LogP contribution is -2.16. The van der Waals surface area contributed by atoms with E-state index < -0.39 is 0 Å². The zero-order valence-electron chi connectivity index (χ0n) is 17.9. The van der Waals surface area contributed by atoms with Gasteiger partial charge in [0.05, 0.1) is 6.61 Å². The zero-order valence-corrected chi connectivity index (χ0v) is 17.9. The van der Waals surface area contributed by atoms with E-state index in [1.54, 1.807) is 0 Å². The largest absolute Gasteiger partial charge is 0.461 e. The van der Waals surface area contributed by atoms with Crippen molar-refractivity contribution in [2.24, 2.45) is 5.73 Å². The quantitative estimate of drug-likeness (QED) is 0.160. The standard InChI is InChI=1S/C23H45NO2/c1-4-5-6-7-8-9-10-11-12-13-14-15-16-17-18-19-20-26-23(25)22(24)21(2)3/h4-20,24H2,1-3H3. The number of unbranched alkanes of at least 4 members (excludes halogenated alkanes) is 15. The minimum atomic E-state index is -0.369. The summed E-state index contributed by atoms with van der Waals surface area (Å²) >= 11 is 0. The highest BCUT2D eigenvalue weighted by Gasteiger charge is 2.07. The Hall–Kier alpha value is -0.990. The average Bonchev–Trinajstić information content (AvgIpc) is 2.63. The predicted octanol–water partition coefficient (Wildman–Crippen LogP) is 7.04. The van der Waals surface area contributed by atoms with Crippen molar-refractivity contribution in [3.05, 3.63) is 11.3 Å². The first-order valence-electron chi connectivity index (χ1n) is 11.2. The number of carbonyl (C=O) groups excluding carboxylic acids is 1. The molecule has 0 aliphatic carbocycles. The van der Waals surface area contributed by atoms with Crippen molar-refractivity contribution in [2.45, 2.75) is 124 Å². The van der Waals surface area contributed by atoms with Crippen LogP contribution in [0.25, 0.3) is 0 Å². The molecule has 0 rings (SSSR count). The van der Waals surface area contributed by atoms with E-state index in [-0.39, 0.29) is 11.7 Å². The summed E-state index contributed by atoms with van der Waals surface area (Å²) < 4.78 is 5.16. The Morgan fingerprint density at radius 3 is 1.35 bits per heavy atom. The van der Waals surface area contributed by atoms with Crippen LogP contribution < -0.4 is 5.73 Å². The lowest BCUT2D eigenvalue weighted by atomic mass is 10.0. The number of hydrogen-bond acceptors (Lipinski definition) is 3. The average molecular weight is 368 g/mol. The second-order valence-corrected chi connectivity index (χ2v) is 7.85. The topological polar surface area (TPSA) is 52.3 Å². The monoisotopic (exact) mass is 367 g/mol. The number of esters is 1. The second kappa shape index (κ2) is 18.8. The number of nitrogens with two attached hydrogens (primary N) is 1. The van der Waals surface area contributed by atoms with Crippen molar-refractivity contribution in [1.82, 2.24) is 0 Å². The molecule has 0 unspecified atom stereocenters. The first kappa shape index (κ1) is 25.0. The van der Waals surface area contributed by atoms with Crippen molar-refractivity contribution in [3.63, 3.8) is 0 Å². The van der Waals surface area contributed by atoms with Gasteiger partial charge in [-0.2, -0.15) is 0 Å². The van der Waals surface area contributed by atoms with Gasteiger partial charge in [0.25, 0.3) is 0 Å². The van der Waals surface area contributed by atoms with Crippen LogP contribution >= 0.6 is 0 Å². The van der Waals surface area contributed by atoms with Crippen LogP contribution in [-0.2, 0) is 9.53 Å². The molecule has 2 N–H and O–H groups in total. The molecule has 26 heavy (non-hydrogen) atoms. The van der Waals surface area contributed by atoms with Gasteiger partial charge in [0.1, 0.15) is 5.70 Å². The predicted molar refractivity (Wildman–Crippen MR) is 113 cm³/mol. The van der Waals surface area contributed by atoms with Crippen molar-refractivity contribution >= 4 is 5.97 Å². The van der Waals surface area contributed by atoms with Crippen molar-refractivity contribution in [2.75, 3.05) is 6.61 Å². The van der Waals surface area contributed by atoms with Crippen LogP contribution in [0.3, 0.4) is 0 Å². The summed E-state index contributed by atoms with van der Waals surface area (Å²) in [6, 6.07) is 0. The number of hydrogen-bond donors (Lipinski definition) is 1. The fourth-order valence-electron chi connectivity index (χ4n) is 3.10. The molecule has 0 amide bonds. The van der Waals surface area contributed by atoms with E-state index in [1.807, 2.05) is 13.8 Å². The number of allylic oxidation sites excluding steroid dienone is 1. The molecule has 0 spiro atoms. The van der Waals surface area contributed by atoms with Gasteiger partial charge in [-0.05, 0) is 25.8 Å². The maximum atomic E-state index is 11.5. The maximum absolute atomic E-state index is 11.5. The summed E-state index contributed by atoms with van der Waals surface area (Å²) in [4.78, 5) is 11.5. The summed E-state index contributed by atoms with van der Waals surface area (Å²) in [6.45, 7) is 6.42. The van der Waals surface area contributed by atoms with Gasteiger partial charge in [-0.15, -0.1) is 0 Å². The van der Waals surface area contributed by atoms with Crippen LogP contribution in [0.5, 0.6) is 0 Å². The van der Waals surface area contributed by atoms with E-state index >= 15 is 0 Å². The van der Waals surface area contributed by atoms with E-state index in [0.29, 0.717) is 6.61 Å². The maximum Gasteiger partial charge on any atom is 0.354 e. The van der Waals surface area contributed by atoms with Crippen molar-refractivity contribution in [1.29, 1.82) is 0 Å². The minimum absolute atomic E-state index is 0.251. The normalized spacial score (nSPS) is 10.7. The molecule has 0 saturated heterocycles. The molecule has 154 valence electrons. The van der Waals surface area contributed by atoms with E-state index in [2.05, 4.69) is 6.92 Å². The Kier molecular flexibility index (Phi) is 18.1. The molecular formula is C23H45NO2. The highest BCUT2D eigenvalue weighted by atomic mass is 16.5. The fourth-order valence-corrected chi connectivity index (χ4v) is 3.10. The van der Waals surface area contributed by atoms with Gasteiger partial charge >= 0.3 is 5.97 Å². The van der Waals surface area contributed by atoms with E-state index in [4.69, 9.17) is 10.5 Å². The molecule has 0 fully saturated rings. The van der Waals surface area contributed by atoms with Crippen LogP contribution in [0, 0.1) is 0 Å². The Morgan fingerprint density at radius 2 is 1.00 bits per heavy atom. The summed E-state index contributed by atoms with van der Waals surface area (Å²) in [5.41, 5.74) is 6.71. The number of ether oxygens (including phenoxy) is 1. The van der Waals surface area contributed by atoms with Crippen LogP contribution in [0.15, 0.2) is 11.3 Å². The van der Waals surface area contributed by atoms with E-state index in [9.17, 15) is 4.79 Å². The highest BCUT2D eigenvalue weighted by molar-refractivity contribution is 5.88. The Bertz CT molecular complexity index is 359. The molecule has 3 nitrogen and oxygen atoms in total. The van der Waals surface area contributed by atoms with E-state index in [1.165, 1.54) is 89.9 Å². The fraction of sp³-hybridized carbons (Fsp3) is 0.870. The Balaban J connectivity index is 3.18. The zero-order chi connectivity index (χ0) is 19.5. The lowest BCUT2D eigenvalue weighted by Gasteiger charge is -2.06. The molecule has 0 aromatic heterocycles. The summed E-state index contributed by atoms with van der Waals surface area (Å²) in [5.74, 6) is -0.369. The third-order valence-corrected chi connectivity index (χ3v) is 4.99. The Morgan fingerprint density at radius 1 is 0.654 bits per heavy atom. The molecule has 0 aromatic rings. The van der Waals surface area contributed by atoms with Crippen LogP contribution in [0.4, 0.5) is 0 Å². The van der Waals surface area contributed by atoms with Gasteiger partial charge in [0.2, 0.25) is 0 Å². The first-order chi connectivity index (χ1) is 12.6. The molecular weight excluding hydrogens is 322 g/mol. The highest BCUT2D eigenvalue weighted by Crippen LogP contribution is 2.13. The van der Waals surface area contributed by atoms with Gasteiger partial charge < -0.3 is 10.5 Å². The smallest absolute Gasteiger partial charge is 0.354 e. The van der Waals surface area contributed by atoms with Crippen LogP contribution in [-0.4, -0.2) is 12.6 Å². The molecule has 0 atom stereocenters. The van der Waals surface area contributed by atoms with Crippen LogP contribution in [0.2, 0.25) is 0 Å². The lowest BCUT2D eigenvalue weighted by molar-refractivity contribution is -0.139. The van der Waals surface area contributed by atoms with Gasteiger partial charge in [-0.3, -0.25) is 0 Å². The summed E-state index contributed by atoms with van der Waals surface area (Å²) in [5, 5.41) is 0. The number of rotatable bonds is 18. The van der Waals surface area contributed by atoms with Crippen LogP contribution in [0.1, 0.15) is 124 Å². The SMILES string of the molecule is CCCCCCCCCCCCCCCCCCOC(=O)C(N)=C(C)C. The summed E-state index contributed by atoms with van der Waals surface area (Å²) in [7, 11) is 0. The molecule has 3 heteroatoms. The third kappa shape index (κ3) is 16.5. The third-order valence-electron chi connectivity index (χ3n) is 4.99. The molecule has 0 bridgehead atoms. The van der Waals surface area contributed by atoms with Crippen molar-refractivity contribution in [3.8, 4) is 0 Å². The van der Waals surface area contributed by atoms with Gasteiger partial charge in [-0.1, -0.05) is 103 Å². The van der Waals surface area contributed by atoms with Gasteiger partial charge in [0.15, 0.2) is 0 Å². The van der Waals surface area contributed by atoms with Gasteiger partial charge in [0, 0.05) is 0 Å². The Labute approximate surface area is 163 Å². The molecule has 0 saturated carbocycles. The first-order valence-corrected chi connectivity index (χ1v) is 11.2. The molecule has 0 aliphatic rings. The minimum Gasteiger partial charge on any atom is -0.461 e. The van der Waals surface area contributed by atoms with E-state index in [0.717, 1.165) is 18.4 Å². The van der Waals surface area contributed by atoms with Gasteiger partial charge in [-0.25, -0.2) is 4.79 Å². The molecule has 0 aromatic carbocycles.